The molecule has 0 saturated heterocycles. The fourth-order valence-electron chi connectivity index (χ4n) is 3.88. The van der Waals surface area contributed by atoms with Gasteiger partial charge in [0.15, 0.2) is 5.16 Å². The lowest BCUT2D eigenvalue weighted by molar-refractivity contribution is -0.130. The number of aryl methyl sites for hydroxylation is 1. The van der Waals surface area contributed by atoms with Crippen LogP contribution in [0.4, 0.5) is 0 Å². The molecule has 33 heavy (non-hydrogen) atoms. The van der Waals surface area contributed by atoms with Gasteiger partial charge < -0.3 is 4.42 Å². The molecule has 1 unspecified atom stereocenters. The second kappa shape index (κ2) is 8.71. The maximum Gasteiger partial charge on any atom is 0.261 e. The molecule has 0 spiro atoms. The van der Waals surface area contributed by atoms with Crippen molar-refractivity contribution in [3.63, 3.8) is 0 Å². The van der Waals surface area contributed by atoms with Gasteiger partial charge in [0.25, 0.3) is 11.5 Å². The number of benzene rings is 2. The lowest BCUT2D eigenvalue weighted by Gasteiger charge is -2.19. The molecule has 2 aromatic carbocycles. The Kier molecular flexibility index (Phi) is 5.60. The third-order valence-electron chi connectivity index (χ3n) is 5.69. The van der Waals surface area contributed by atoms with Crippen LogP contribution in [0.25, 0.3) is 10.9 Å². The number of aromatic nitrogens is 2. The first-order chi connectivity index (χ1) is 16.0. The van der Waals surface area contributed by atoms with Crippen LogP contribution in [0.5, 0.6) is 0 Å². The largest absolute Gasteiger partial charge is 0.467 e. The standard InChI is InChI=1S/C25H22N4O3S/c1-16-9-11-17(12-10-16)20-14-21(22-8-5-13-32-22)29(27-20)23(30)15-33-25-26-19-7-4-3-6-18(19)24(31)28(25)2/h3-13,21H,14-15H2,1-2H3. The van der Waals surface area contributed by atoms with Gasteiger partial charge in [-0.15, -0.1) is 0 Å². The number of furan rings is 1. The molecule has 3 heterocycles. The Morgan fingerprint density at radius 1 is 1.12 bits per heavy atom. The van der Waals surface area contributed by atoms with Crippen LogP contribution in [-0.4, -0.2) is 31.9 Å². The topological polar surface area (TPSA) is 80.7 Å². The van der Waals surface area contributed by atoms with Crippen molar-refractivity contribution in [3.8, 4) is 0 Å². The van der Waals surface area contributed by atoms with E-state index in [1.807, 2.05) is 55.5 Å². The molecule has 5 rings (SSSR count). The van der Waals surface area contributed by atoms with Gasteiger partial charge in [-0.05, 0) is 36.8 Å². The van der Waals surface area contributed by atoms with Gasteiger partial charge in [-0.25, -0.2) is 9.99 Å². The van der Waals surface area contributed by atoms with E-state index < -0.39 is 0 Å². The molecule has 166 valence electrons. The van der Waals surface area contributed by atoms with Crippen molar-refractivity contribution in [2.45, 2.75) is 24.5 Å². The van der Waals surface area contributed by atoms with Crippen molar-refractivity contribution < 1.29 is 9.21 Å². The van der Waals surface area contributed by atoms with Gasteiger partial charge in [0.05, 0.1) is 28.6 Å². The maximum atomic E-state index is 13.3. The predicted molar refractivity (Wildman–Crippen MR) is 128 cm³/mol. The van der Waals surface area contributed by atoms with Crippen LogP contribution in [0.1, 0.15) is 29.3 Å². The van der Waals surface area contributed by atoms with E-state index in [1.54, 1.807) is 25.4 Å². The van der Waals surface area contributed by atoms with Gasteiger partial charge in [0.2, 0.25) is 0 Å². The van der Waals surface area contributed by atoms with Crippen molar-refractivity contribution in [3.05, 3.63) is 94.2 Å². The Bertz CT molecular complexity index is 1410. The molecule has 0 saturated carbocycles. The molecule has 4 aromatic rings. The normalized spacial score (nSPS) is 15.8. The van der Waals surface area contributed by atoms with Gasteiger partial charge in [-0.2, -0.15) is 5.10 Å². The minimum absolute atomic E-state index is 0.0977. The summed E-state index contributed by atoms with van der Waals surface area (Å²) in [5, 5.41) is 7.21. The van der Waals surface area contributed by atoms with E-state index in [9.17, 15) is 9.59 Å². The van der Waals surface area contributed by atoms with Crippen molar-refractivity contribution in [1.29, 1.82) is 0 Å². The monoisotopic (exact) mass is 458 g/mol. The average Bonchev–Trinajstić information content (AvgIpc) is 3.51. The van der Waals surface area contributed by atoms with E-state index in [1.165, 1.54) is 21.3 Å². The molecule has 0 aliphatic carbocycles. The Morgan fingerprint density at radius 2 is 1.91 bits per heavy atom. The fraction of sp³-hybridized carbons (Fsp3) is 0.200. The van der Waals surface area contributed by atoms with E-state index in [4.69, 9.17) is 4.42 Å². The van der Waals surface area contributed by atoms with Gasteiger partial charge in [-0.3, -0.25) is 14.2 Å². The molecule has 1 atom stereocenters. The second-order valence-electron chi connectivity index (χ2n) is 7.95. The van der Waals surface area contributed by atoms with Gasteiger partial charge in [0, 0.05) is 13.5 Å². The highest BCUT2D eigenvalue weighted by molar-refractivity contribution is 7.99. The lowest BCUT2D eigenvalue weighted by Crippen LogP contribution is -2.29. The summed E-state index contributed by atoms with van der Waals surface area (Å²) in [6.07, 6.45) is 2.17. The van der Waals surface area contributed by atoms with Crippen LogP contribution in [-0.2, 0) is 11.8 Å². The molecule has 0 N–H and O–H groups in total. The smallest absolute Gasteiger partial charge is 0.261 e. The molecule has 1 amide bonds. The average molecular weight is 459 g/mol. The molecule has 0 bridgehead atoms. The number of thioether (sulfide) groups is 1. The van der Waals surface area contributed by atoms with E-state index in [2.05, 4.69) is 10.1 Å². The highest BCUT2D eigenvalue weighted by Crippen LogP contribution is 2.34. The van der Waals surface area contributed by atoms with Gasteiger partial charge >= 0.3 is 0 Å². The van der Waals surface area contributed by atoms with Crippen molar-refractivity contribution in [2.75, 3.05) is 5.75 Å². The third-order valence-corrected chi connectivity index (χ3v) is 6.70. The van der Waals surface area contributed by atoms with Crippen molar-refractivity contribution in [1.82, 2.24) is 14.6 Å². The van der Waals surface area contributed by atoms with Crippen LogP contribution in [0, 0.1) is 6.92 Å². The summed E-state index contributed by atoms with van der Waals surface area (Å²) >= 11 is 1.23. The maximum absolute atomic E-state index is 13.3. The summed E-state index contributed by atoms with van der Waals surface area (Å²) < 4.78 is 7.10. The van der Waals surface area contributed by atoms with Gasteiger partial charge in [-0.1, -0.05) is 53.7 Å². The molecule has 2 aromatic heterocycles. The van der Waals surface area contributed by atoms with E-state index in [0.717, 1.165) is 16.8 Å². The first-order valence-corrected chi connectivity index (χ1v) is 11.6. The zero-order valence-corrected chi connectivity index (χ0v) is 19.1. The Labute approximate surface area is 194 Å². The van der Waals surface area contributed by atoms with Crippen molar-refractivity contribution >= 4 is 34.3 Å². The zero-order valence-electron chi connectivity index (χ0n) is 18.3. The number of amides is 1. The Balaban J connectivity index is 1.41. The number of nitrogens with zero attached hydrogens (tertiary/aromatic N) is 4. The lowest BCUT2D eigenvalue weighted by atomic mass is 10.0. The summed E-state index contributed by atoms with van der Waals surface area (Å²) in [6.45, 7) is 2.03. The number of rotatable bonds is 5. The number of para-hydroxylation sites is 1. The fourth-order valence-corrected chi connectivity index (χ4v) is 4.71. The van der Waals surface area contributed by atoms with Gasteiger partial charge in [0.1, 0.15) is 11.8 Å². The summed E-state index contributed by atoms with van der Waals surface area (Å²) in [7, 11) is 1.67. The van der Waals surface area contributed by atoms with Crippen molar-refractivity contribution in [2.24, 2.45) is 12.1 Å². The molecule has 0 radical (unpaired) electrons. The highest BCUT2D eigenvalue weighted by atomic mass is 32.2. The molecule has 7 nitrogen and oxygen atoms in total. The Hall–Kier alpha value is -3.65. The predicted octanol–water partition coefficient (Wildman–Crippen LogP) is 4.30. The quantitative estimate of drug-likeness (QED) is 0.329. The first-order valence-electron chi connectivity index (χ1n) is 10.6. The first kappa shape index (κ1) is 21.2. The summed E-state index contributed by atoms with van der Waals surface area (Å²) in [4.78, 5) is 30.5. The van der Waals surface area contributed by atoms with Crippen LogP contribution in [0.2, 0.25) is 0 Å². The zero-order chi connectivity index (χ0) is 22.9. The SMILES string of the molecule is Cc1ccc(C2=NN(C(=O)CSc3nc4ccccc4c(=O)n3C)C(c3ccco3)C2)cc1. The molecule has 1 aliphatic rings. The van der Waals surface area contributed by atoms with Crippen LogP contribution in [0.15, 0.2) is 86.4 Å². The number of carbonyl (C=O) groups is 1. The number of carbonyl (C=O) groups excluding carboxylic acids is 1. The second-order valence-corrected chi connectivity index (χ2v) is 8.89. The van der Waals surface area contributed by atoms with Crippen LogP contribution < -0.4 is 5.56 Å². The number of hydrazone groups is 1. The molecular formula is C25H22N4O3S. The third kappa shape index (κ3) is 4.09. The summed E-state index contributed by atoms with van der Waals surface area (Å²) in [6, 6.07) is 18.7. The highest BCUT2D eigenvalue weighted by Gasteiger charge is 2.34. The van der Waals surface area contributed by atoms with E-state index in [0.29, 0.717) is 28.2 Å². The minimum Gasteiger partial charge on any atom is -0.467 e. The van der Waals surface area contributed by atoms with Crippen LogP contribution in [0.3, 0.4) is 0 Å². The molecule has 8 heteroatoms. The number of hydrogen-bond donors (Lipinski definition) is 0. The van der Waals surface area contributed by atoms with Crippen LogP contribution >= 0.6 is 11.8 Å². The van der Waals surface area contributed by atoms with E-state index >= 15 is 0 Å². The summed E-state index contributed by atoms with van der Waals surface area (Å²) in [5.74, 6) is 0.613. The Morgan fingerprint density at radius 3 is 2.67 bits per heavy atom. The minimum atomic E-state index is -0.308. The van der Waals surface area contributed by atoms with E-state index in [-0.39, 0.29) is 23.3 Å². The molecule has 1 aliphatic heterocycles. The number of hydrogen-bond acceptors (Lipinski definition) is 6. The number of fused-ring (bicyclic) bond motifs is 1. The molecular weight excluding hydrogens is 436 g/mol. The molecule has 0 fully saturated rings. The summed E-state index contributed by atoms with van der Waals surface area (Å²) in [5.41, 5.74) is 3.47.